The lowest BCUT2D eigenvalue weighted by Gasteiger charge is -2.31. The van der Waals surface area contributed by atoms with Crippen molar-refractivity contribution < 1.29 is 4.74 Å². The Morgan fingerprint density at radius 1 is 1.00 bits per heavy atom. The minimum Gasteiger partial charge on any atom is -0.489 e. The van der Waals surface area contributed by atoms with E-state index in [1.807, 2.05) is 24.4 Å². The van der Waals surface area contributed by atoms with Gasteiger partial charge in [0.15, 0.2) is 0 Å². The van der Waals surface area contributed by atoms with Crippen LogP contribution in [0.5, 0.6) is 5.75 Å². The molecule has 0 spiro atoms. The van der Waals surface area contributed by atoms with Crippen LogP contribution in [0.4, 0.5) is 5.82 Å². The zero-order chi connectivity index (χ0) is 21.9. The quantitative estimate of drug-likeness (QED) is 0.386. The van der Waals surface area contributed by atoms with Crippen LogP contribution < -0.4 is 9.64 Å². The van der Waals surface area contributed by atoms with Crippen molar-refractivity contribution in [2.75, 3.05) is 18.0 Å². The van der Waals surface area contributed by atoms with Gasteiger partial charge in [-0.3, -0.25) is 0 Å². The van der Waals surface area contributed by atoms with Crippen molar-refractivity contribution in [2.45, 2.75) is 39.2 Å². The van der Waals surface area contributed by atoms with Crippen molar-refractivity contribution in [2.24, 2.45) is 5.92 Å². The zero-order valence-corrected chi connectivity index (χ0v) is 20.1. The second-order valence-electron chi connectivity index (χ2n) is 8.95. The minimum absolute atomic E-state index is 0.590. The fraction of sp³-hybridized carbons (Fsp3) is 0.321. The maximum atomic E-state index is 6.07. The summed E-state index contributed by atoms with van der Waals surface area (Å²) < 4.78 is 7.32. The van der Waals surface area contributed by atoms with E-state index >= 15 is 0 Å². The summed E-state index contributed by atoms with van der Waals surface area (Å²) in [5.41, 5.74) is 6.22. The van der Waals surface area contributed by atoms with Gasteiger partial charge in [-0.05, 0) is 72.6 Å². The lowest BCUT2D eigenvalue weighted by Crippen LogP contribution is -2.33. The molecule has 5 rings (SSSR count). The molecule has 3 aromatic rings. The molecule has 1 saturated heterocycles. The van der Waals surface area contributed by atoms with Gasteiger partial charge in [0.25, 0.3) is 0 Å². The first kappa shape index (κ1) is 21.3. The topological polar surface area (TPSA) is 25.4 Å². The number of rotatable bonds is 5. The summed E-state index contributed by atoms with van der Waals surface area (Å²) >= 11 is 3.85. The molecule has 1 aliphatic heterocycles. The van der Waals surface area contributed by atoms with Crippen molar-refractivity contribution >= 4 is 27.3 Å². The Hall–Kier alpha value is -2.59. The largest absolute Gasteiger partial charge is 0.489 e. The van der Waals surface area contributed by atoms with E-state index in [-0.39, 0.29) is 0 Å². The SMILES string of the molecule is CC1CCN(c2ccc(C3=C(Br)CCc4cc(OCc5ccccc5)ccc43)cn2)CC1. The molecule has 2 aliphatic rings. The average Bonchev–Trinajstić information content (AvgIpc) is 2.84. The Kier molecular flexibility index (Phi) is 6.31. The zero-order valence-electron chi connectivity index (χ0n) is 18.6. The van der Waals surface area contributed by atoms with Gasteiger partial charge < -0.3 is 9.64 Å². The van der Waals surface area contributed by atoms with E-state index in [0.29, 0.717) is 6.61 Å². The van der Waals surface area contributed by atoms with E-state index in [4.69, 9.17) is 9.72 Å². The van der Waals surface area contributed by atoms with Crippen molar-refractivity contribution in [3.05, 3.63) is 93.6 Å². The maximum Gasteiger partial charge on any atom is 0.128 e. The highest BCUT2D eigenvalue weighted by Crippen LogP contribution is 2.40. The van der Waals surface area contributed by atoms with Gasteiger partial charge in [0.05, 0.1) is 0 Å². The molecule has 32 heavy (non-hydrogen) atoms. The third kappa shape index (κ3) is 4.61. The second kappa shape index (κ2) is 9.50. The highest BCUT2D eigenvalue weighted by atomic mass is 79.9. The Balaban J connectivity index is 1.35. The molecule has 0 unspecified atom stereocenters. The highest BCUT2D eigenvalue weighted by molar-refractivity contribution is 9.11. The molecule has 0 N–H and O–H groups in total. The number of piperidine rings is 1. The summed E-state index contributed by atoms with van der Waals surface area (Å²) in [6, 6.07) is 21.2. The molecule has 0 radical (unpaired) electrons. The Bertz CT molecular complexity index is 1100. The van der Waals surface area contributed by atoms with Crippen molar-refractivity contribution in [3.8, 4) is 5.75 Å². The van der Waals surface area contributed by atoms with Crippen molar-refractivity contribution in [3.63, 3.8) is 0 Å². The summed E-state index contributed by atoms with van der Waals surface area (Å²) in [6.45, 7) is 5.15. The molecule has 4 heteroatoms. The van der Waals surface area contributed by atoms with Gasteiger partial charge in [-0.15, -0.1) is 0 Å². The van der Waals surface area contributed by atoms with Crippen LogP contribution in [0, 0.1) is 5.92 Å². The normalized spacial score (nSPS) is 16.8. The molecule has 1 aliphatic carbocycles. The summed E-state index contributed by atoms with van der Waals surface area (Å²) in [4.78, 5) is 7.25. The summed E-state index contributed by atoms with van der Waals surface area (Å²) in [5, 5.41) is 0. The Morgan fingerprint density at radius 2 is 1.81 bits per heavy atom. The van der Waals surface area contributed by atoms with E-state index < -0.39 is 0 Å². The van der Waals surface area contributed by atoms with Crippen LogP contribution in [0.25, 0.3) is 5.57 Å². The molecule has 0 amide bonds. The lowest BCUT2D eigenvalue weighted by molar-refractivity contribution is 0.306. The van der Waals surface area contributed by atoms with Gasteiger partial charge in [0.2, 0.25) is 0 Å². The van der Waals surface area contributed by atoms with Crippen LogP contribution >= 0.6 is 15.9 Å². The van der Waals surface area contributed by atoms with Gasteiger partial charge in [-0.2, -0.15) is 0 Å². The second-order valence-corrected chi connectivity index (χ2v) is 9.91. The minimum atomic E-state index is 0.590. The number of allylic oxidation sites excluding steroid dienone is 1. The average molecular weight is 489 g/mol. The lowest BCUT2D eigenvalue weighted by atomic mass is 9.87. The maximum absolute atomic E-state index is 6.07. The summed E-state index contributed by atoms with van der Waals surface area (Å²) in [7, 11) is 0. The molecule has 0 atom stereocenters. The monoisotopic (exact) mass is 488 g/mol. The number of halogens is 1. The van der Waals surface area contributed by atoms with Crippen molar-refractivity contribution in [1.82, 2.24) is 4.98 Å². The van der Waals surface area contributed by atoms with E-state index in [0.717, 1.165) is 43.4 Å². The van der Waals surface area contributed by atoms with Gasteiger partial charge in [-0.1, -0.05) is 59.3 Å². The van der Waals surface area contributed by atoms with E-state index in [1.165, 1.54) is 45.2 Å². The van der Waals surface area contributed by atoms with Crippen LogP contribution in [0.1, 0.15) is 48.4 Å². The number of aromatic nitrogens is 1. The van der Waals surface area contributed by atoms with Crippen LogP contribution in [0.15, 0.2) is 71.3 Å². The molecular weight excluding hydrogens is 460 g/mol. The number of hydrogen-bond donors (Lipinski definition) is 0. The van der Waals surface area contributed by atoms with E-state index in [9.17, 15) is 0 Å². The first-order valence-electron chi connectivity index (χ1n) is 11.6. The number of fused-ring (bicyclic) bond motifs is 1. The molecule has 0 saturated carbocycles. The number of nitrogens with zero attached hydrogens (tertiary/aromatic N) is 2. The molecule has 3 nitrogen and oxygen atoms in total. The van der Waals surface area contributed by atoms with Crippen molar-refractivity contribution in [1.29, 1.82) is 0 Å². The molecule has 2 aromatic carbocycles. The highest BCUT2D eigenvalue weighted by Gasteiger charge is 2.21. The number of hydrogen-bond acceptors (Lipinski definition) is 3. The predicted molar refractivity (Wildman–Crippen MR) is 135 cm³/mol. The molecular formula is C28H29BrN2O. The fourth-order valence-electron chi connectivity index (χ4n) is 4.64. The van der Waals surface area contributed by atoms with Gasteiger partial charge in [0.1, 0.15) is 18.2 Å². The third-order valence-corrected chi connectivity index (χ3v) is 7.42. The standard InChI is InChI=1S/C28H29BrN2O/c1-20-13-15-31(16-14-20)27-12-8-23(18-30-27)28-25-10-9-24(17-22(25)7-11-26(28)29)32-19-21-5-3-2-4-6-21/h2-6,8-10,12,17-18,20H,7,11,13-16,19H2,1H3. The molecule has 164 valence electrons. The number of ether oxygens (including phenoxy) is 1. The molecule has 1 fully saturated rings. The fourth-order valence-corrected chi connectivity index (χ4v) is 5.28. The molecule has 2 heterocycles. The number of pyridine rings is 1. The van der Waals surface area contributed by atoms with E-state index in [1.54, 1.807) is 0 Å². The van der Waals surface area contributed by atoms with Gasteiger partial charge >= 0.3 is 0 Å². The number of aryl methyl sites for hydroxylation is 1. The Morgan fingerprint density at radius 3 is 2.56 bits per heavy atom. The van der Waals surface area contributed by atoms with Crippen LogP contribution in [0.3, 0.4) is 0 Å². The smallest absolute Gasteiger partial charge is 0.128 e. The van der Waals surface area contributed by atoms with Crippen LogP contribution in [-0.4, -0.2) is 18.1 Å². The Labute approximate surface area is 199 Å². The third-order valence-electron chi connectivity index (χ3n) is 6.62. The van der Waals surface area contributed by atoms with Gasteiger partial charge in [0, 0.05) is 34.9 Å². The van der Waals surface area contributed by atoms with Crippen LogP contribution in [-0.2, 0) is 13.0 Å². The molecule has 0 bridgehead atoms. The number of anilines is 1. The molecule has 1 aromatic heterocycles. The number of benzene rings is 2. The summed E-state index contributed by atoms with van der Waals surface area (Å²) in [6.07, 6.45) is 6.55. The van der Waals surface area contributed by atoms with E-state index in [2.05, 4.69) is 70.2 Å². The van der Waals surface area contributed by atoms with Crippen LogP contribution in [0.2, 0.25) is 0 Å². The predicted octanol–water partition coefficient (Wildman–Crippen LogP) is 7.00. The first-order chi connectivity index (χ1) is 15.7. The first-order valence-corrected chi connectivity index (χ1v) is 12.4. The van der Waals surface area contributed by atoms with Gasteiger partial charge in [-0.25, -0.2) is 4.98 Å². The summed E-state index contributed by atoms with van der Waals surface area (Å²) in [5.74, 6) is 2.85.